The zero-order chi connectivity index (χ0) is 24.5. The van der Waals surface area contributed by atoms with Crippen LogP contribution in [0.1, 0.15) is 0 Å². The number of hydrogen-bond acceptors (Lipinski definition) is 5. The summed E-state index contributed by atoms with van der Waals surface area (Å²) in [6, 6.07) is 29.0. The standard InChI is InChI=1S/C28H22N6O2/c1-36-21-14-12-19(13-15-21)24-26(30-22-16-17-29-32-22)31-27-23(18-8-4-2-5-9-18)25(33-34(27)28(24)35)20-10-6-3-7-11-20/h2-17,31H,1H3,(H2,29,30,32). The third-order valence-corrected chi connectivity index (χ3v) is 6.03. The number of H-pyrrole nitrogens is 2. The average molecular weight is 475 g/mol. The number of nitrogens with one attached hydrogen (secondary N) is 3. The molecule has 0 amide bonds. The summed E-state index contributed by atoms with van der Waals surface area (Å²) in [4.78, 5) is 17.5. The Morgan fingerprint density at radius 2 is 1.47 bits per heavy atom. The molecular formula is C28H22N6O2. The molecule has 6 aromatic rings. The molecule has 176 valence electrons. The van der Waals surface area contributed by atoms with E-state index in [1.165, 1.54) is 4.52 Å². The molecule has 0 spiro atoms. The van der Waals surface area contributed by atoms with Crippen LogP contribution < -0.4 is 15.6 Å². The van der Waals surface area contributed by atoms with E-state index in [2.05, 4.69) is 20.5 Å². The average Bonchev–Trinajstić information content (AvgIpc) is 3.58. The van der Waals surface area contributed by atoms with E-state index in [0.29, 0.717) is 34.3 Å². The van der Waals surface area contributed by atoms with Gasteiger partial charge in [-0.15, -0.1) is 0 Å². The van der Waals surface area contributed by atoms with Gasteiger partial charge in [0, 0.05) is 17.8 Å². The lowest BCUT2D eigenvalue weighted by Crippen LogP contribution is -2.19. The molecule has 0 aliphatic rings. The predicted molar refractivity (Wildman–Crippen MR) is 141 cm³/mol. The summed E-state index contributed by atoms with van der Waals surface area (Å²) in [6.07, 6.45) is 1.72. The van der Waals surface area contributed by atoms with Crippen molar-refractivity contribution in [1.29, 1.82) is 0 Å². The second-order valence-electron chi connectivity index (χ2n) is 8.21. The van der Waals surface area contributed by atoms with Gasteiger partial charge >= 0.3 is 0 Å². The minimum atomic E-state index is -0.258. The highest BCUT2D eigenvalue weighted by molar-refractivity contribution is 5.92. The summed E-state index contributed by atoms with van der Waals surface area (Å²) in [5, 5.41) is 15.1. The quantitative estimate of drug-likeness (QED) is 0.296. The van der Waals surface area contributed by atoms with Gasteiger partial charge < -0.3 is 15.0 Å². The second kappa shape index (κ2) is 8.92. The van der Waals surface area contributed by atoms with Crippen molar-refractivity contribution in [3.05, 3.63) is 108 Å². The van der Waals surface area contributed by atoms with E-state index in [0.717, 1.165) is 22.3 Å². The molecular weight excluding hydrogens is 452 g/mol. The Hall–Kier alpha value is -5.11. The molecule has 3 aromatic heterocycles. The molecule has 3 N–H and O–H groups in total. The second-order valence-corrected chi connectivity index (χ2v) is 8.21. The lowest BCUT2D eigenvalue weighted by Gasteiger charge is -2.12. The van der Waals surface area contributed by atoms with E-state index in [-0.39, 0.29) is 5.56 Å². The van der Waals surface area contributed by atoms with Crippen molar-refractivity contribution in [3.63, 3.8) is 0 Å². The van der Waals surface area contributed by atoms with Crippen LogP contribution in [0.3, 0.4) is 0 Å². The van der Waals surface area contributed by atoms with Crippen LogP contribution in [0.2, 0.25) is 0 Å². The number of benzene rings is 3. The number of hydrogen-bond donors (Lipinski definition) is 3. The zero-order valence-corrected chi connectivity index (χ0v) is 19.4. The van der Waals surface area contributed by atoms with Gasteiger partial charge in [-0.3, -0.25) is 9.89 Å². The third-order valence-electron chi connectivity index (χ3n) is 6.03. The summed E-state index contributed by atoms with van der Waals surface area (Å²) in [6.45, 7) is 0. The summed E-state index contributed by atoms with van der Waals surface area (Å²) >= 11 is 0. The van der Waals surface area contributed by atoms with Gasteiger partial charge in [-0.1, -0.05) is 72.8 Å². The van der Waals surface area contributed by atoms with Crippen molar-refractivity contribution < 1.29 is 4.74 Å². The van der Waals surface area contributed by atoms with E-state index < -0.39 is 0 Å². The molecule has 0 radical (unpaired) electrons. The first-order chi connectivity index (χ1) is 17.7. The molecule has 0 atom stereocenters. The van der Waals surface area contributed by atoms with E-state index in [9.17, 15) is 4.79 Å². The maximum atomic E-state index is 14.0. The third kappa shape index (κ3) is 3.70. The summed E-state index contributed by atoms with van der Waals surface area (Å²) in [7, 11) is 1.61. The number of rotatable bonds is 6. The summed E-state index contributed by atoms with van der Waals surface area (Å²) in [5.41, 5.74) is 4.90. The number of aromatic amines is 2. The topological polar surface area (TPSA) is 100 Å². The minimum Gasteiger partial charge on any atom is -0.497 e. The Kier molecular flexibility index (Phi) is 5.31. The molecule has 36 heavy (non-hydrogen) atoms. The molecule has 6 rings (SSSR count). The Balaban J connectivity index is 1.67. The lowest BCUT2D eigenvalue weighted by molar-refractivity contribution is 0.415. The first kappa shape index (κ1) is 21.4. The first-order valence-electron chi connectivity index (χ1n) is 11.4. The molecule has 0 aliphatic heterocycles. The van der Waals surface area contributed by atoms with Gasteiger partial charge in [-0.25, -0.2) is 0 Å². The smallest absolute Gasteiger partial charge is 0.284 e. The van der Waals surface area contributed by atoms with Gasteiger partial charge in [0.25, 0.3) is 5.56 Å². The van der Waals surface area contributed by atoms with Crippen LogP contribution in [0.15, 0.2) is 102 Å². The van der Waals surface area contributed by atoms with Crippen LogP contribution >= 0.6 is 0 Å². The Morgan fingerprint density at radius 3 is 2.11 bits per heavy atom. The molecule has 0 fully saturated rings. The van der Waals surface area contributed by atoms with E-state index in [1.54, 1.807) is 19.4 Å². The highest BCUT2D eigenvalue weighted by atomic mass is 16.5. The van der Waals surface area contributed by atoms with Crippen LogP contribution in [0, 0.1) is 0 Å². The zero-order valence-electron chi connectivity index (χ0n) is 19.4. The highest BCUT2D eigenvalue weighted by Crippen LogP contribution is 2.36. The maximum Gasteiger partial charge on any atom is 0.284 e. The van der Waals surface area contributed by atoms with E-state index in [1.807, 2.05) is 84.9 Å². The van der Waals surface area contributed by atoms with Gasteiger partial charge in [-0.05, 0) is 23.3 Å². The van der Waals surface area contributed by atoms with Crippen molar-refractivity contribution in [1.82, 2.24) is 24.8 Å². The molecule has 3 aromatic carbocycles. The fourth-order valence-electron chi connectivity index (χ4n) is 4.33. The Bertz CT molecular complexity index is 1690. The van der Waals surface area contributed by atoms with Crippen molar-refractivity contribution >= 4 is 17.3 Å². The fourth-order valence-corrected chi connectivity index (χ4v) is 4.33. The number of aromatic nitrogens is 5. The van der Waals surface area contributed by atoms with Crippen molar-refractivity contribution in [2.75, 3.05) is 12.4 Å². The number of nitrogens with zero attached hydrogens (tertiary/aromatic N) is 3. The largest absolute Gasteiger partial charge is 0.497 e. The monoisotopic (exact) mass is 474 g/mol. The molecule has 3 heterocycles. The van der Waals surface area contributed by atoms with Crippen LogP contribution in [0.5, 0.6) is 5.75 Å². The fraction of sp³-hybridized carbons (Fsp3) is 0.0357. The van der Waals surface area contributed by atoms with E-state index >= 15 is 0 Å². The van der Waals surface area contributed by atoms with Gasteiger partial charge in [0.2, 0.25) is 0 Å². The SMILES string of the molecule is COc1ccc(-c2c(Nc3cc[nH]n3)[nH]c3c(-c4ccccc4)c(-c4ccccc4)nn3c2=O)cc1. The molecule has 0 unspecified atom stereocenters. The Labute approximate surface area is 206 Å². The molecule has 0 bridgehead atoms. The van der Waals surface area contributed by atoms with Gasteiger partial charge in [0.15, 0.2) is 5.82 Å². The highest BCUT2D eigenvalue weighted by Gasteiger charge is 2.23. The number of fused-ring (bicyclic) bond motifs is 1. The minimum absolute atomic E-state index is 0.258. The maximum absolute atomic E-state index is 14.0. The van der Waals surface area contributed by atoms with Crippen LogP contribution in [0.4, 0.5) is 11.6 Å². The molecule has 0 saturated carbocycles. The lowest BCUT2D eigenvalue weighted by atomic mass is 10.0. The predicted octanol–water partition coefficient (Wildman–Crippen LogP) is 5.50. The summed E-state index contributed by atoms with van der Waals surface area (Å²) in [5.74, 6) is 1.80. The number of methoxy groups -OCH3 is 1. The van der Waals surface area contributed by atoms with Crippen molar-refractivity contribution in [2.45, 2.75) is 0 Å². The van der Waals surface area contributed by atoms with Crippen LogP contribution in [0.25, 0.3) is 39.2 Å². The number of ether oxygens (including phenoxy) is 1. The Morgan fingerprint density at radius 1 is 0.806 bits per heavy atom. The van der Waals surface area contributed by atoms with Crippen LogP contribution in [-0.4, -0.2) is 31.9 Å². The molecule has 0 saturated heterocycles. The molecule has 0 aliphatic carbocycles. The van der Waals surface area contributed by atoms with Crippen molar-refractivity contribution in [3.8, 4) is 39.3 Å². The van der Waals surface area contributed by atoms with Gasteiger partial charge in [-0.2, -0.15) is 14.7 Å². The molecule has 8 nitrogen and oxygen atoms in total. The summed E-state index contributed by atoms with van der Waals surface area (Å²) < 4.78 is 6.75. The van der Waals surface area contributed by atoms with E-state index in [4.69, 9.17) is 9.84 Å². The van der Waals surface area contributed by atoms with Gasteiger partial charge in [0.05, 0.1) is 18.2 Å². The first-order valence-corrected chi connectivity index (χ1v) is 11.4. The van der Waals surface area contributed by atoms with Crippen LogP contribution in [-0.2, 0) is 0 Å². The van der Waals surface area contributed by atoms with Crippen molar-refractivity contribution in [2.24, 2.45) is 0 Å². The molecule has 8 heteroatoms. The number of anilines is 2. The normalized spacial score (nSPS) is 11.0. The van der Waals surface area contributed by atoms with Gasteiger partial charge in [0.1, 0.15) is 22.9 Å².